The lowest BCUT2D eigenvalue weighted by Gasteiger charge is -2.20. The fraction of sp³-hybridized carbons (Fsp3) is 0.229. The van der Waals surface area contributed by atoms with Gasteiger partial charge < -0.3 is 19.3 Å². The van der Waals surface area contributed by atoms with Crippen molar-refractivity contribution >= 4 is 46.3 Å². The number of oxazole rings is 1. The Balaban J connectivity index is 1.13. The van der Waals surface area contributed by atoms with Crippen LogP contribution in [0.5, 0.6) is 0 Å². The Bertz CT molecular complexity index is 1820. The molecule has 10 nitrogen and oxygen atoms in total. The quantitative estimate of drug-likeness (QED) is 0.234. The van der Waals surface area contributed by atoms with E-state index in [1.165, 1.54) is 0 Å². The molecule has 2 amide bonds. The standard InChI is InChI=1S/C35H33N5O5/c1-3-40(27-7-5-4-6-8-27)35-37-30-14-9-23(19-31(30)45-35)20-32(41)38(2)26-12-10-24(11-13-26)28-21-39(22-29(28)34(43)44)33(42)25-15-17-36-18-16-25/h4-19,28-29H,3,20-22H2,1-2H3,(H,43,44). The molecule has 1 saturated heterocycles. The number of nitrogens with zero attached hydrogens (tertiary/aromatic N) is 5. The molecule has 0 radical (unpaired) electrons. The molecular weight excluding hydrogens is 570 g/mol. The number of likely N-dealkylation sites (N-methyl/N-ethyl adjacent to an activating group) is 1. The second-order valence-electron chi connectivity index (χ2n) is 11.1. The molecule has 1 aliphatic rings. The van der Waals surface area contributed by atoms with Gasteiger partial charge in [-0.1, -0.05) is 36.4 Å². The zero-order valence-corrected chi connectivity index (χ0v) is 25.0. The Labute approximate surface area is 260 Å². The van der Waals surface area contributed by atoms with Crippen molar-refractivity contribution < 1.29 is 23.9 Å². The van der Waals surface area contributed by atoms with Gasteiger partial charge in [-0.05, 0) is 66.6 Å². The molecule has 1 fully saturated rings. The Morgan fingerprint density at radius 1 is 0.933 bits per heavy atom. The smallest absolute Gasteiger partial charge is 0.308 e. The largest absolute Gasteiger partial charge is 0.481 e. The van der Waals surface area contributed by atoms with Crippen molar-refractivity contribution in [1.29, 1.82) is 0 Å². The van der Waals surface area contributed by atoms with Gasteiger partial charge in [0.2, 0.25) is 5.91 Å². The van der Waals surface area contributed by atoms with Crippen LogP contribution in [-0.2, 0) is 16.0 Å². The summed E-state index contributed by atoms with van der Waals surface area (Å²) in [7, 11) is 1.71. The molecule has 2 atom stereocenters. The maximum Gasteiger partial charge on any atom is 0.308 e. The topological polar surface area (TPSA) is 120 Å². The minimum atomic E-state index is -0.945. The lowest BCUT2D eigenvalue weighted by atomic mass is 9.89. The minimum Gasteiger partial charge on any atom is -0.481 e. The summed E-state index contributed by atoms with van der Waals surface area (Å²) >= 11 is 0. The van der Waals surface area contributed by atoms with Crippen LogP contribution in [0.3, 0.4) is 0 Å². The molecule has 228 valence electrons. The number of aromatic nitrogens is 2. The van der Waals surface area contributed by atoms with Gasteiger partial charge in [-0.2, -0.15) is 4.98 Å². The van der Waals surface area contributed by atoms with Crippen molar-refractivity contribution in [2.24, 2.45) is 5.92 Å². The van der Waals surface area contributed by atoms with E-state index in [4.69, 9.17) is 4.42 Å². The molecule has 0 saturated carbocycles. The Morgan fingerprint density at radius 3 is 2.36 bits per heavy atom. The summed E-state index contributed by atoms with van der Waals surface area (Å²) in [4.78, 5) is 52.1. The molecule has 2 aromatic heterocycles. The van der Waals surface area contributed by atoms with Crippen LogP contribution in [0.1, 0.15) is 34.3 Å². The second-order valence-corrected chi connectivity index (χ2v) is 11.1. The number of hydrogen-bond acceptors (Lipinski definition) is 7. The van der Waals surface area contributed by atoms with E-state index in [-0.39, 0.29) is 30.7 Å². The maximum absolute atomic E-state index is 13.3. The molecule has 0 spiro atoms. The first-order chi connectivity index (χ1) is 21.8. The predicted octanol–water partition coefficient (Wildman–Crippen LogP) is 5.53. The molecule has 1 aliphatic heterocycles. The van der Waals surface area contributed by atoms with Gasteiger partial charge in [-0.25, -0.2) is 0 Å². The van der Waals surface area contributed by atoms with Crippen LogP contribution in [-0.4, -0.2) is 64.4 Å². The fourth-order valence-corrected chi connectivity index (χ4v) is 5.84. The predicted molar refractivity (Wildman–Crippen MR) is 171 cm³/mol. The number of likely N-dealkylation sites (tertiary alicyclic amines) is 1. The van der Waals surface area contributed by atoms with E-state index in [2.05, 4.69) is 9.97 Å². The van der Waals surface area contributed by atoms with Crippen LogP contribution in [0.15, 0.2) is 102 Å². The van der Waals surface area contributed by atoms with Crippen LogP contribution in [0.2, 0.25) is 0 Å². The highest BCUT2D eigenvalue weighted by Gasteiger charge is 2.40. The average molecular weight is 604 g/mol. The average Bonchev–Trinajstić information content (AvgIpc) is 3.70. The molecule has 3 heterocycles. The molecular formula is C35H33N5O5. The third kappa shape index (κ3) is 6.12. The molecule has 5 aromatic rings. The number of benzene rings is 3. The Kier molecular flexibility index (Phi) is 8.28. The molecule has 10 heteroatoms. The summed E-state index contributed by atoms with van der Waals surface area (Å²) in [5, 5.41) is 9.92. The van der Waals surface area contributed by atoms with E-state index < -0.39 is 11.9 Å². The zero-order chi connectivity index (χ0) is 31.5. The first-order valence-corrected chi connectivity index (χ1v) is 14.8. The third-order valence-corrected chi connectivity index (χ3v) is 8.35. The molecule has 0 bridgehead atoms. The lowest BCUT2D eigenvalue weighted by molar-refractivity contribution is -0.141. The number of carboxylic acids is 1. The third-order valence-electron chi connectivity index (χ3n) is 8.35. The molecule has 0 aliphatic carbocycles. The number of carbonyl (C=O) groups is 3. The van der Waals surface area contributed by atoms with Crippen molar-refractivity contribution in [3.63, 3.8) is 0 Å². The highest BCUT2D eigenvalue weighted by molar-refractivity contribution is 5.95. The Morgan fingerprint density at radius 2 is 1.67 bits per heavy atom. The summed E-state index contributed by atoms with van der Waals surface area (Å²) in [6, 6.07) is 26.6. The number of amides is 2. The minimum absolute atomic E-state index is 0.111. The number of para-hydroxylation sites is 1. The van der Waals surface area contributed by atoms with Gasteiger partial charge in [0, 0.05) is 61.9 Å². The van der Waals surface area contributed by atoms with Gasteiger partial charge in [-0.15, -0.1) is 0 Å². The molecule has 45 heavy (non-hydrogen) atoms. The van der Waals surface area contributed by atoms with Crippen molar-refractivity contribution in [1.82, 2.24) is 14.9 Å². The van der Waals surface area contributed by atoms with E-state index >= 15 is 0 Å². The lowest BCUT2D eigenvalue weighted by Crippen LogP contribution is -2.29. The maximum atomic E-state index is 13.3. The van der Waals surface area contributed by atoms with Crippen LogP contribution in [0, 0.1) is 5.92 Å². The number of carbonyl (C=O) groups excluding carboxylic acids is 2. The van der Waals surface area contributed by atoms with Crippen LogP contribution >= 0.6 is 0 Å². The van der Waals surface area contributed by atoms with E-state index in [1.807, 2.05) is 84.6 Å². The van der Waals surface area contributed by atoms with Gasteiger partial charge >= 0.3 is 12.0 Å². The molecule has 6 rings (SSSR count). The SMILES string of the molecule is CCN(c1ccccc1)c1nc2ccc(CC(=O)N(C)c3ccc(C4CN(C(=O)c5ccncc5)CC4C(=O)O)cc3)cc2o1. The van der Waals surface area contributed by atoms with E-state index in [9.17, 15) is 19.5 Å². The van der Waals surface area contributed by atoms with Gasteiger partial charge in [0.15, 0.2) is 5.58 Å². The van der Waals surface area contributed by atoms with Crippen molar-refractivity contribution in [2.75, 3.05) is 36.5 Å². The molecule has 3 aromatic carbocycles. The number of carboxylic acid groups (broad SMARTS) is 1. The van der Waals surface area contributed by atoms with Crippen LogP contribution < -0.4 is 9.80 Å². The molecule has 1 N–H and O–H groups in total. The number of pyridine rings is 1. The van der Waals surface area contributed by atoms with E-state index in [0.29, 0.717) is 41.5 Å². The van der Waals surface area contributed by atoms with E-state index in [1.54, 1.807) is 41.4 Å². The monoisotopic (exact) mass is 603 g/mol. The first kappa shape index (κ1) is 29.6. The summed E-state index contributed by atoms with van der Waals surface area (Å²) in [5.41, 5.74) is 5.07. The van der Waals surface area contributed by atoms with E-state index in [0.717, 1.165) is 16.8 Å². The van der Waals surface area contributed by atoms with Crippen molar-refractivity contribution in [3.05, 3.63) is 114 Å². The number of rotatable bonds is 9. The van der Waals surface area contributed by atoms with Gasteiger partial charge in [-0.3, -0.25) is 24.3 Å². The fourth-order valence-electron chi connectivity index (χ4n) is 5.84. The number of hydrogen-bond donors (Lipinski definition) is 1. The highest BCUT2D eigenvalue weighted by atomic mass is 16.4. The van der Waals surface area contributed by atoms with Gasteiger partial charge in [0.05, 0.1) is 12.3 Å². The summed E-state index contributed by atoms with van der Waals surface area (Å²) < 4.78 is 6.10. The normalized spacial score (nSPS) is 16.1. The number of fused-ring (bicyclic) bond motifs is 1. The van der Waals surface area contributed by atoms with Crippen molar-refractivity contribution in [3.8, 4) is 0 Å². The summed E-state index contributed by atoms with van der Waals surface area (Å²) in [6.45, 7) is 3.14. The van der Waals surface area contributed by atoms with Crippen LogP contribution in [0.25, 0.3) is 11.1 Å². The Hall–Kier alpha value is -5.51. The number of anilines is 3. The number of aliphatic carboxylic acids is 1. The molecule has 2 unspecified atom stereocenters. The summed E-state index contributed by atoms with van der Waals surface area (Å²) in [6.07, 6.45) is 3.25. The van der Waals surface area contributed by atoms with Gasteiger partial charge in [0.25, 0.3) is 5.91 Å². The first-order valence-electron chi connectivity index (χ1n) is 14.8. The highest BCUT2D eigenvalue weighted by Crippen LogP contribution is 2.35. The second kappa shape index (κ2) is 12.6. The van der Waals surface area contributed by atoms with Crippen molar-refractivity contribution in [2.45, 2.75) is 19.3 Å². The zero-order valence-electron chi connectivity index (χ0n) is 25.0. The van der Waals surface area contributed by atoms with Crippen LogP contribution in [0.4, 0.5) is 17.4 Å². The van der Waals surface area contributed by atoms with Gasteiger partial charge in [0.1, 0.15) is 5.52 Å². The summed E-state index contributed by atoms with van der Waals surface area (Å²) in [5.74, 6) is -2.37.